The number of fused-ring (bicyclic) bond motifs is 7. The summed E-state index contributed by atoms with van der Waals surface area (Å²) >= 11 is 1.82. The quantitative estimate of drug-likeness (QED) is 0.158. The van der Waals surface area contributed by atoms with Gasteiger partial charge in [0.15, 0.2) is 14.2 Å². The topological polar surface area (TPSA) is 35.6 Å². The van der Waals surface area contributed by atoms with E-state index in [0.717, 1.165) is 50.0 Å². The number of hydrogen-bond donors (Lipinski definition) is 0. The van der Waals surface area contributed by atoms with Crippen LogP contribution in [0.1, 0.15) is 17.3 Å². The summed E-state index contributed by atoms with van der Waals surface area (Å²) in [5, 5.41) is 7.68. The number of aromatic nitrogens is 4. The van der Waals surface area contributed by atoms with Crippen LogP contribution in [0, 0.1) is 0 Å². The third-order valence-corrected chi connectivity index (χ3v) is 18.0. The number of imidazole rings is 1. The molecule has 4 nitrogen and oxygen atoms in total. The number of para-hydroxylation sites is 3. The van der Waals surface area contributed by atoms with E-state index in [1.807, 2.05) is 79.5 Å². The number of pyridine rings is 1. The first-order valence-corrected chi connectivity index (χ1v) is 22.0. The molecule has 1 aliphatic rings. The maximum atomic E-state index is 16.9. The Balaban J connectivity index is 1.12. The molecule has 0 amide bonds. The van der Waals surface area contributed by atoms with Gasteiger partial charge in [0.25, 0.3) is 0 Å². The molecule has 3 aromatic heterocycles. The van der Waals surface area contributed by atoms with Gasteiger partial charge in [-0.1, -0.05) is 151 Å². The van der Waals surface area contributed by atoms with E-state index in [0.29, 0.717) is 11.1 Å². The predicted molar refractivity (Wildman–Crippen MR) is 235 cm³/mol. The molecule has 7 aromatic carbocycles. The van der Waals surface area contributed by atoms with Crippen LogP contribution < -0.4 is 20.7 Å². The van der Waals surface area contributed by atoms with Gasteiger partial charge < -0.3 is 4.57 Å². The molecule has 0 bridgehead atoms. The highest BCUT2D eigenvalue weighted by Gasteiger charge is 2.48. The molecule has 7 heteroatoms. The maximum Gasteiger partial charge on any atom is 0.182 e. The third-order valence-electron chi connectivity index (χ3n) is 11.6. The number of nitrogens with zero attached hydrogens (tertiary/aromatic N) is 4. The van der Waals surface area contributed by atoms with Crippen molar-refractivity contribution in [2.24, 2.45) is 7.05 Å². The Morgan fingerprint density at radius 2 is 1.26 bits per heavy atom. The lowest BCUT2D eigenvalue weighted by Gasteiger charge is -2.40. The summed E-state index contributed by atoms with van der Waals surface area (Å²) in [5.41, 5.74) is 6.79. The lowest BCUT2D eigenvalue weighted by Crippen LogP contribution is -2.76. The van der Waals surface area contributed by atoms with Crippen LogP contribution >= 0.6 is 11.8 Å². The standard InChI is InChI=1S/C50H35FN4SSi/c1-54-42-27-11-9-25-40(42)53-49(54)35-18-14-16-33(30-35)47(51)34-17-15-19-36(31-34)55-41-26-10-8-24-39(41)46-48-44(32-52-50(46)55)56-43-28-12-13-29-45(43)57(48,37-20-4-2-5-21-37)38-22-6-3-7-23-38/h2-32,47H,1H3. The van der Waals surface area contributed by atoms with Gasteiger partial charge in [-0.05, 0) is 74.3 Å². The van der Waals surface area contributed by atoms with Crippen molar-refractivity contribution in [2.45, 2.75) is 16.0 Å². The van der Waals surface area contributed by atoms with Crippen LogP contribution in [0.3, 0.4) is 0 Å². The van der Waals surface area contributed by atoms with Gasteiger partial charge in [0.2, 0.25) is 0 Å². The van der Waals surface area contributed by atoms with Crippen molar-refractivity contribution in [3.05, 3.63) is 199 Å². The average molecular weight is 771 g/mol. The first kappa shape index (κ1) is 33.8. The molecule has 0 N–H and O–H groups in total. The summed E-state index contributed by atoms with van der Waals surface area (Å²) in [4.78, 5) is 12.6. The summed E-state index contributed by atoms with van der Waals surface area (Å²) in [5.74, 6) is 0.810. The van der Waals surface area contributed by atoms with Gasteiger partial charge in [-0.2, -0.15) is 0 Å². The van der Waals surface area contributed by atoms with Gasteiger partial charge in [0.1, 0.15) is 11.5 Å². The van der Waals surface area contributed by atoms with Gasteiger partial charge in [-0.15, -0.1) is 0 Å². The van der Waals surface area contributed by atoms with Crippen molar-refractivity contribution < 1.29 is 4.39 Å². The summed E-state index contributed by atoms with van der Waals surface area (Å²) < 4.78 is 21.2. The monoisotopic (exact) mass is 770 g/mol. The minimum atomic E-state index is -2.91. The minimum absolute atomic E-state index is 0.584. The van der Waals surface area contributed by atoms with Crippen molar-refractivity contribution in [3.63, 3.8) is 0 Å². The van der Waals surface area contributed by atoms with E-state index in [-0.39, 0.29) is 0 Å². The zero-order valence-corrected chi connectivity index (χ0v) is 32.9. The lowest BCUT2D eigenvalue weighted by molar-refractivity contribution is 0.402. The van der Waals surface area contributed by atoms with E-state index in [2.05, 4.69) is 137 Å². The van der Waals surface area contributed by atoms with Crippen molar-refractivity contribution in [2.75, 3.05) is 0 Å². The average Bonchev–Trinajstić information content (AvgIpc) is 3.80. The Morgan fingerprint density at radius 1 is 0.614 bits per heavy atom. The van der Waals surface area contributed by atoms with Crippen molar-refractivity contribution in [1.82, 2.24) is 19.1 Å². The smallest absolute Gasteiger partial charge is 0.182 e. The number of alkyl halides is 1. The van der Waals surface area contributed by atoms with Gasteiger partial charge in [-0.3, -0.25) is 4.57 Å². The fourth-order valence-corrected chi connectivity index (χ4v) is 16.3. The van der Waals surface area contributed by atoms with Gasteiger partial charge in [0.05, 0.1) is 16.6 Å². The largest absolute Gasteiger partial charge is 0.327 e. The molecule has 57 heavy (non-hydrogen) atoms. The van der Waals surface area contributed by atoms with Crippen LogP contribution in [0.2, 0.25) is 0 Å². The highest BCUT2D eigenvalue weighted by atomic mass is 32.2. The van der Waals surface area contributed by atoms with E-state index in [1.54, 1.807) is 0 Å². The molecular weight excluding hydrogens is 736 g/mol. The normalized spacial score (nSPS) is 13.8. The highest BCUT2D eigenvalue weighted by Crippen LogP contribution is 2.40. The SMILES string of the molecule is Cn1c(-c2cccc(C(F)c3cccc(-n4c5ccccc5c5c6c(cnc54)Sc4ccccc4[Si]6(c4ccccc4)c4ccccc4)c3)c2)nc2ccccc21. The Kier molecular flexibility index (Phi) is 7.88. The lowest BCUT2D eigenvalue weighted by atomic mass is 10.00. The first-order valence-electron chi connectivity index (χ1n) is 19.2. The maximum absolute atomic E-state index is 16.9. The third kappa shape index (κ3) is 5.12. The van der Waals surface area contributed by atoms with Crippen LogP contribution in [0.4, 0.5) is 4.39 Å². The second-order valence-electron chi connectivity index (χ2n) is 14.7. The molecule has 4 heterocycles. The molecule has 11 rings (SSSR count). The van der Waals surface area contributed by atoms with Crippen LogP contribution in [-0.2, 0) is 7.05 Å². The molecule has 1 unspecified atom stereocenters. The van der Waals surface area contributed by atoms with E-state index in [1.165, 1.54) is 30.5 Å². The molecule has 1 aliphatic heterocycles. The molecule has 0 saturated carbocycles. The molecule has 0 saturated heterocycles. The molecule has 0 aliphatic carbocycles. The zero-order chi connectivity index (χ0) is 38.1. The van der Waals surface area contributed by atoms with Crippen molar-refractivity contribution >= 4 is 73.6 Å². The molecule has 10 aromatic rings. The summed E-state index contributed by atoms with van der Waals surface area (Å²) in [7, 11) is -0.900. The molecule has 0 spiro atoms. The molecule has 0 fully saturated rings. The molecular formula is C50H35FN4SSi. The highest BCUT2D eigenvalue weighted by molar-refractivity contribution is 8.00. The van der Waals surface area contributed by atoms with E-state index >= 15 is 4.39 Å². The second kappa shape index (κ2) is 13.3. The minimum Gasteiger partial charge on any atom is -0.327 e. The van der Waals surface area contributed by atoms with Crippen molar-refractivity contribution in [3.8, 4) is 17.1 Å². The van der Waals surface area contributed by atoms with E-state index in [9.17, 15) is 0 Å². The van der Waals surface area contributed by atoms with Crippen LogP contribution in [0.5, 0.6) is 0 Å². The summed E-state index contributed by atoms with van der Waals surface area (Å²) in [6.07, 6.45) is 0.729. The number of hydrogen-bond acceptors (Lipinski definition) is 3. The van der Waals surface area contributed by atoms with Crippen molar-refractivity contribution in [1.29, 1.82) is 0 Å². The van der Waals surface area contributed by atoms with Gasteiger partial charge >= 0.3 is 0 Å². The van der Waals surface area contributed by atoms with E-state index < -0.39 is 14.2 Å². The Hall–Kier alpha value is -6.54. The molecule has 272 valence electrons. The zero-order valence-electron chi connectivity index (χ0n) is 31.1. The first-order chi connectivity index (χ1) is 28.1. The number of aryl methyl sites for hydroxylation is 1. The summed E-state index contributed by atoms with van der Waals surface area (Å²) in [6, 6.07) is 63.4. The Morgan fingerprint density at radius 3 is 2.04 bits per heavy atom. The van der Waals surface area contributed by atoms with Crippen LogP contribution in [-0.4, -0.2) is 27.2 Å². The molecule has 1 atom stereocenters. The number of halogens is 1. The fourth-order valence-electron chi connectivity index (χ4n) is 9.13. The van der Waals surface area contributed by atoms with Crippen LogP contribution in [0.25, 0.3) is 50.0 Å². The fraction of sp³-hybridized carbons (Fsp3) is 0.0400. The Labute approximate surface area is 334 Å². The molecule has 0 radical (unpaired) electrons. The van der Waals surface area contributed by atoms with E-state index in [4.69, 9.17) is 9.97 Å². The van der Waals surface area contributed by atoms with Crippen LogP contribution in [0.15, 0.2) is 198 Å². The Bertz CT molecular complexity index is 3120. The summed E-state index contributed by atoms with van der Waals surface area (Å²) in [6.45, 7) is 0. The predicted octanol–water partition coefficient (Wildman–Crippen LogP) is 9.63. The number of rotatable bonds is 6. The number of benzene rings is 7. The van der Waals surface area contributed by atoms with Gasteiger partial charge in [-0.25, -0.2) is 14.4 Å². The van der Waals surface area contributed by atoms with Gasteiger partial charge in [0, 0.05) is 45.1 Å². The second-order valence-corrected chi connectivity index (χ2v) is 19.5.